The Kier molecular flexibility index (Phi) is 15.5. The number of benzene rings is 3. The molecule has 44 heavy (non-hydrogen) atoms. The van der Waals surface area contributed by atoms with Gasteiger partial charge in [-0.3, -0.25) is 0 Å². The van der Waals surface area contributed by atoms with Gasteiger partial charge in [0, 0.05) is 0 Å². The van der Waals surface area contributed by atoms with E-state index in [0.717, 1.165) is 36.8 Å². The Labute approximate surface area is 262 Å². The Morgan fingerprint density at radius 1 is 0.636 bits per heavy atom. The number of ether oxygens (including phenoxy) is 2. The third-order valence-corrected chi connectivity index (χ3v) is 8.00. The van der Waals surface area contributed by atoms with Crippen LogP contribution in [0.4, 0.5) is 13.2 Å². The number of carbonyl (C=O) groups is 1. The molecule has 6 heteroatoms. The first-order valence-corrected chi connectivity index (χ1v) is 16.5. The van der Waals surface area contributed by atoms with Crippen molar-refractivity contribution in [2.45, 2.75) is 123 Å². The molecule has 3 aromatic rings. The highest BCUT2D eigenvalue weighted by molar-refractivity contribution is 5.91. The van der Waals surface area contributed by atoms with E-state index in [1.165, 1.54) is 56.9 Å². The number of carbonyl (C=O) groups excluding carboxylic acids is 1. The summed E-state index contributed by atoms with van der Waals surface area (Å²) in [4.78, 5) is 12.7. The van der Waals surface area contributed by atoms with Gasteiger partial charge in [-0.2, -0.15) is 13.2 Å². The summed E-state index contributed by atoms with van der Waals surface area (Å²) in [7, 11) is 0. The van der Waals surface area contributed by atoms with Crippen LogP contribution in [0.3, 0.4) is 0 Å². The van der Waals surface area contributed by atoms with Crippen LogP contribution in [0.25, 0.3) is 11.1 Å². The highest BCUT2D eigenvalue weighted by Gasteiger charge is 2.40. The average Bonchev–Trinajstić information content (AvgIpc) is 3.02. The molecule has 3 aromatic carbocycles. The van der Waals surface area contributed by atoms with Crippen molar-refractivity contribution in [3.8, 4) is 16.9 Å². The molecule has 0 saturated carbocycles. The molecule has 3 nitrogen and oxygen atoms in total. The van der Waals surface area contributed by atoms with Gasteiger partial charge >= 0.3 is 12.1 Å². The molecular weight excluding hydrogens is 561 g/mol. The SMILES string of the molecule is CCCCCCCCCCc1ccc(-c2ccc(OC(=O)c3ccc(COC(CCCCCC)C(F)(F)F)cc3)cc2)cc1. The van der Waals surface area contributed by atoms with Crippen LogP contribution in [-0.2, 0) is 17.8 Å². The van der Waals surface area contributed by atoms with Crippen molar-refractivity contribution in [3.63, 3.8) is 0 Å². The van der Waals surface area contributed by atoms with E-state index in [2.05, 4.69) is 31.2 Å². The number of alkyl halides is 3. The lowest BCUT2D eigenvalue weighted by Gasteiger charge is -2.21. The fraction of sp³-hybridized carbons (Fsp3) is 0.500. The van der Waals surface area contributed by atoms with Gasteiger partial charge in [-0.1, -0.05) is 133 Å². The molecule has 0 N–H and O–H groups in total. The van der Waals surface area contributed by atoms with Gasteiger partial charge < -0.3 is 9.47 Å². The third kappa shape index (κ3) is 12.9. The minimum Gasteiger partial charge on any atom is -0.423 e. The fourth-order valence-corrected chi connectivity index (χ4v) is 5.24. The van der Waals surface area contributed by atoms with E-state index >= 15 is 0 Å². The van der Waals surface area contributed by atoms with Gasteiger partial charge in [0.2, 0.25) is 0 Å². The van der Waals surface area contributed by atoms with Crippen LogP contribution in [-0.4, -0.2) is 18.2 Å². The van der Waals surface area contributed by atoms with Gasteiger partial charge in [-0.25, -0.2) is 4.79 Å². The number of unbranched alkanes of at least 4 members (excludes halogenated alkanes) is 10. The van der Waals surface area contributed by atoms with Gasteiger partial charge in [0.1, 0.15) is 5.75 Å². The largest absolute Gasteiger partial charge is 0.423 e. The summed E-state index contributed by atoms with van der Waals surface area (Å²) in [6, 6.07) is 22.3. The highest BCUT2D eigenvalue weighted by Crippen LogP contribution is 2.28. The van der Waals surface area contributed by atoms with Crippen LogP contribution < -0.4 is 4.74 Å². The van der Waals surface area contributed by atoms with Crippen LogP contribution >= 0.6 is 0 Å². The number of esters is 1. The Morgan fingerprint density at radius 3 is 1.70 bits per heavy atom. The Morgan fingerprint density at radius 2 is 1.14 bits per heavy atom. The van der Waals surface area contributed by atoms with Crippen LogP contribution in [0.5, 0.6) is 5.75 Å². The predicted octanol–water partition coefficient (Wildman–Crippen LogP) is 11.7. The Bertz CT molecular complexity index is 1200. The second-order valence-corrected chi connectivity index (χ2v) is 11.7. The van der Waals surface area contributed by atoms with Gasteiger partial charge in [-0.15, -0.1) is 0 Å². The summed E-state index contributed by atoms with van der Waals surface area (Å²) in [5.74, 6) is -0.104. The van der Waals surface area contributed by atoms with Crippen molar-refractivity contribution in [1.82, 2.24) is 0 Å². The van der Waals surface area contributed by atoms with E-state index in [9.17, 15) is 18.0 Å². The van der Waals surface area contributed by atoms with E-state index < -0.39 is 18.2 Å². The molecule has 240 valence electrons. The molecule has 0 bridgehead atoms. The van der Waals surface area contributed by atoms with Crippen LogP contribution in [0.1, 0.15) is 119 Å². The van der Waals surface area contributed by atoms with Crippen molar-refractivity contribution >= 4 is 5.97 Å². The van der Waals surface area contributed by atoms with Gasteiger partial charge in [0.15, 0.2) is 6.10 Å². The molecule has 1 atom stereocenters. The van der Waals surface area contributed by atoms with E-state index in [-0.39, 0.29) is 13.0 Å². The number of hydrogen-bond donors (Lipinski definition) is 0. The van der Waals surface area contributed by atoms with Gasteiger partial charge in [0.05, 0.1) is 12.2 Å². The number of aryl methyl sites for hydroxylation is 1. The topological polar surface area (TPSA) is 35.5 Å². The summed E-state index contributed by atoms with van der Waals surface area (Å²) >= 11 is 0. The van der Waals surface area contributed by atoms with Gasteiger partial charge in [0.25, 0.3) is 0 Å². The van der Waals surface area contributed by atoms with Crippen molar-refractivity contribution < 1.29 is 27.4 Å². The number of hydrogen-bond acceptors (Lipinski definition) is 3. The normalized spacial score (nSPS) is 12.3. The van der Waals surface area contributed by atoms with Crippen molar-refractivity contribution in [2.75, 3.05) is 0 Å². The zero-order valence-electron chi connectivity index (χ0n) is 26.5. The maximum atomic E-state index is 13.4. The van der Waals surface area contributed by atoms with E-state index in [1.54, 1.807) is 36.4 Å². The molecule has 0 radical (unpaired) electrons. The molecule has 0 saturated heterocycles. The highest BCUT2D eigenvalue weighted by atomic mass is 19.4. The summed E-state index contributed by atoms with van der Waals surface area (Å²) in [6.07, 6.45) is 8.55. The molecule has 1 unspecified atom stereocenters. The van der Waals surface area contributed by atoms with Gasteiger partial charge in [-0.05, 0) is 65.8 Å². The molecule has 3 rings (SSSR count). The summed E-state index contributed by atoms with van der Waals surface area (Å²) < 4.78 is 50.8. The van der Waals surface area contributed by atoms with Crippen molar-refractivity contribution in [2.24, 2.45) is 0 Å². The third-order valence-electron chi connectivity index (χ3n) is 8.00. The number of halogens is 3. The molecule has 0 aliphatic heterocycles. The second-order valence-electron chi connectivity index (χ2n) is 11.7. The summed E-state index contributed by atoms with van der Waals surface area (Å²) in [5, 5.41) is 0. The standard InChI is InChI=1S/C38H49F3O3/c1-3-5-7-9-10-11-12-13-15-30-17-21-32(22-18-30)33-25-27-35(28-26-33)44-37(42)34-23-19-31(20-24-34)29-43-36(38(39,40)41)16-14-8-6-4-2/h17-28,36H,3-16,29H2,1-2H3. The van der Waals surface area contributed by atoms with Crippen LogP contribution in [0, 0.1) is 0 Å². The molecule has 0 amide bonds. The lowest BCUT2D eigenvalue weighted by atomic mass is 10.0. The van der Waals surface area contributed by atoms with Crippen LogP contribution in [0.2, 0.25) is 0 Å². The minimum absolute atomic E-state index is 0.0443. The molecule has 0 aliphatic rings. The first-order valence-electron chi connectivity index (χ1n) is 16.5. The predicted molar refractivity (Wildman–Crippen MR) is 173 cm³/mol. The first-order chi connectivity index (χ1) is 21.3. The maximum absolute atomic E-state index is 13.4. The average molecular weight is 611 g/mol. The zero-order valence-corrected chi connectivity index (χ0v) is 26.5. The Balaban J connectivity index is 1.43. The molecule has 0 aliphatic carbocycles. The zero-order chi connectivity index (χ0) is 31.6. The van der Waals surface area contributed by atoms with Crippen LogP contribution in [0.15, 0.2) is 72.8 Å². The maximum Gasteiger partial charge on any atom is 0.414 e. The molecular formula is C38H49F3O3. The quantitative estimate of drug-likeness (QED) is 0.0725. The molecule has 0 spiro atoms. The summed E-state index contributed by atoms with van der Waals surface area (Å²) in [5.41, 5.74) is 4.38. The molecule has 0 aromatic heterocycles. The van der Waals surface area contributed by atoms with E-state index in [0.29, 0.717) is 23.3 Å². The minimum atomic E-state index is -4.40. The monoisotopic (exact) mass is 610 g/mol. The van der Waals surface area contributed by atoms with E-state index in [4.69, 9.17) is 9.47 Å². The summed E-state index contributed by atoms with van der Waals surface area (Å²) in [6.45, 7) is 4.10. The smallest absolute Gasteiger partial charge is 0.414 e. The first kappa shape index (κ1) is 35.4. The number of rotatable bonds is 20. The van der Waals surface area contributed by atoms with Crippen molar-refractivity contribution in [3.05, 3.63) is 89.5 Å². The Hall–Kier alpha value is -3.12. The fourth-order valence-electron chi connectivity index (χ4n) is 5.24. The van der Waals surface area contributed by atoms with E-state index in [1.807, 2.05) is 19.1 Å². The lowest BCUT2D eigenvalue weighted by molar-refractivity contribution is -0.225. The lowest BCUT2D eigenvalue weighted by Crippen LogP contribution is -2.31. The second kappa shape index (κ2) is 19.3. The molecule has 0 heterocycles. The van der Waals surface area contributed by atoms with Crippen molar-refractivity contribution in [1.29, 1.82) is 0 Å². The molecule has 0 fully saturated rings.